The molecule has 156 valence electrons. The van der Waals surface area contributed by atoms with Gasteiger partial charge in [0, 0.05) is 38.9 Å². The normalized spacial score (nSPS) is 14.5. The van der Waals surface area contributed by atoms with Gasteiger partial charge in [0.15, 0.2) is 11.5 Å². The molecule has 1 aromatic carbocycles. The molecule has 0 aliphatic carbocycles. The molecule has 1 aliphatic rings. The van der Waals surface area contributed by atoms with E-state index in [0.717, 1.165) is 44.0 Å². The fraction of sp³-hybridized carbons (Fsp3) is 0.455. The summed E-state index contributed by atoms with van der Waals surface area (Å²) in [5.41, 5.74) is 2.67. The number of carbonyl (C=O) groups is 1. The number of aromatic nitrogens is 1. The molecule has 1 amide bonds. The summed E-state index contributed by atoms with van der Waals surface area (Å²) in [4.78, 5) is 21.6. The van der Waals surface area contributed by atoms with Crippen molar-refractivity contribution >= 4 is 11.6 Å². The Bertz CT molecular complexity index is 819. The summed E-state index contributed by atoms with van der Waals surface area (Å²) in [6.07, 6.45) is 4.16. The number of likely N-dealkylation sites (N-methyl/N-ethyl adjacent to an activating group) is 1. The van der Waals surface area contributed by atoms with Crippen molar-refractivity contribution in [3.8, 4) is 11.5 Å². The minimum atomic E-state index is -0.105. The average molecular weight is 399 g/mol. The Morgan fingerprint density at radius 1 is 1.07 bits per heavy atom. The Kier molecular flexibility index (Phi) is 7.30. The molecule has 1 N–H and O–H groups in total. The minimum absolute atomic E-state index is 0.105. The topological polar surface area (TPSA) is 66.9 Å². The summed E-state index contributed by atoms with van der Waals surface area (Å²) in [5.74, 6) is 1.28. The first kappa shape index (κ1) is 20.9. The van der Waals surface area contributed by atoms with Gasteiger partial charge in [-0.25, -0.2) is 0 Å². The SMILES string of the molecule is CCN1CCN(c2cncc(C(=O)NCCc3ccc(OC)c(OC)c3)c2)CC1. The number of nitrogens with zero attached hydrogens (tertiary/aromatic N) is 3. The highest BCUT2D eigenvalue weighted by Gasteiger charge is 2.17. The van der Waals surface area contributed by atoms with Crippen LogP contribution in [0.15, 0.2) is 36.7 Å². The van der Waals surface area contributed by atoms with Crippen LogP contribution in [0, 0.1) is 0 Å². The molecule has 0 saturated carbocycles. The van der Waals surface area contributed by atoms with Crippen molar-refractivity contribution in [2.75, 3.05) is 58.4 Å². The lowest BCUT2D eigenvalue weighted by molar-refractivity contribution is 0.0954. The van der Waals surface area contributed by atoms with Crippen LogP contribution < -0.4 is 19.7 Å². The molecular weight excluding hydrogens is 368 g/mol. The Morgan fingerprint density at radius 2 is 1.83 bits per heavy atom. The van der Waals surface area contributed by atoms with E-state index in [4.69, 9.17) is 9.47 Å². The van der Waals surface area contributed by atoms with Gasteiger partial charge in [0.05, 0.1) is 31.7 Å². The second-order valence-corrected chi connectivity index (χ2v) is 7.05. The summed E-state index contributed by atoms with van der Waals surface area (Å²) in [6.45, 7) is 7.79. The number of carbonyl (C=O) groups excluding carboxylic acids is 1. The second kappa shape index (κ2) is 10.1. The molecule has 0 unspecified atom stereocenters. The largest absolute Gasteiger partial charge is 0.493 e. The van der Waals surface area contributed by atoms with Crippen LogP contribution >= 0.6 is 0 Å². The highest BCUT2D eigenvalue weighted by atomic mass is 16.5. The summed E-state index contributed by atoms with van der Waals surface area (Å²) < 4.78 is 10.6. The van der Waals surface area contributed by atoms with Gasteiger partial charge in [-0.05, 0) is 36.7 Å². The molecule has 7 heteroatoms. The van der Waals surface area contributed by atoms with Crippen LogP contribution in [0.1, 0.15) is 22.8 Å². The zero-order valence-corrected chi connectivity index (χ0v) is 17.5. The van der Waals surface area contributed by atoms with Crippen LogP contribution in [-0.4, -0.2) is 69.3 Å². The van der Waals surface area contributed by atoms with Gasteiger partial charge in [-0.1, -0.05) is 13.0 Å². The third-order valence-electron chi connectivity index (χ3n) is 5.32. The van der Waals surface area contributed by atoms with Crippen LogP contribution in [0.4, 0.5) is 5.69 Å². The molecule has 0 bridgehead atoms. The number of piperazine rings is 1. The van der Waals surface area contributed by atoms with Gasteiger partial charge in [-0.15, -0.1) is 0 Å². The number of pyridine rings is 1. The Labute approximate surface area is 172 Å². The van der Waals surface area contributed by atoms with E-state index < -0.39 is 0 Å². The molecule has 2 heterocycles. The van der Waals surface area contributed by atoms with Gasteiger partial charge in [0.2, 0.25) is 0 Å². The van der Waals surface area contributed by atoms with Crippen LogP contribution in [0.5, 0.6) is 11.5 Å². The van der Waals surface area contributed by atoms with Gasteiger partial charge >= 0.3 is 0 Å². The lowest BCUT2D eigenvalue weighted by Crippen LogP contribution is -2.46. The molecule has 7 nitrogen and oxygen atoms in total. The van der Waals surface area contributed by atoms with Gasteiger partial charge in [-0.3, -0.25) is 9.78 Å². The number of anilines is 1. The molecule has 29 heavy (non-hydrogen) atoms. The first-order chi connectivity index (χ1) is 14.1. The number of rotatable bonds is 8. The second-order valence-electron chi connectivity index (χ2n) is 7.05. The van der Waals surface area contributed by atoms with Crippen LogP contribution in [0.3, 0.4) is 0 Å². The molecule has 1 aromatic heterocycles. The van der Waals surface area contributed by atoms with Crippen molar-refractivity contribution in [3.63, 3.8) is 0 Å². The summed E-state index contributed by atoms with van der Waals surface area (Å²) in [5, 5.41) is 2.98. The molecule has 1 saturated heterocycles. The van der Waals surface area contributed by atoms with E-state index in [0.29, 0.717) is 30.0 Å². The molecule has 3 rings (SSSR count). The molecule has 2 aromatic rings. The molecular formula is C22H30N4O3. The maximum absolute atomic E-state index is 12.6. The minimum Gasteiger partial charge on any atom is -0.493 e. The predicted molar refractivity (Wildman–Crippen MR) is 114 cm³/mol. The van der Waals surface area contributed by atoms with Crippen LogP contribution in [0.2, 0.25) is 0 Å². The van der Waals surface area contributed by atoms with Crippen molar-refractivity contribution in [1.29, 1.82) is 0 Å². The molecule has 0 radical (unpaired) electrons. The molecule has 0 spiro atoms. The highest BCUT2D eigenvalue weighted by molar-refractivity contribution is 5.94. The summed E-state index contributed by atoms with van der Waals surface area (Å²) >= 11 is 0. The van der Waals surface area contributed by atoms with Gasteiger partial charge in [-0.2, -0.15) is 0 Å². The van der Waals surface area contributed by atoms with E-state index in [-0.39, 0.29) is 5.91 Å². The first-order valence-corrected chi connectivity index (χ1v) is 10.1. The Balaban J connectivity index is 1.55. The Hall–Kier alpha value is -2.80. The van der Waals surface area contributed by atoms with E-state index >= 15 is 0 Å². The maximum Gasteiger partial charge on any atom is 0.252 e. The van der Waals surface area contributed by atoms with E-state index in [1.165, 1.54) is 0 Å². The summed E-state index contributed by atoms with van der Waals surface area (Å²) in [6, 6.07) is 7.72. The van der Waals surface area contributed by atoms with Crippen molar-refractivity contribution in [3.05, 3.63) is 47.8 Å². The fourth-order valence-corrected chi connectivity index (χ4v) is 3.51. The number of nitrogens with one attached hydrogen (secondary N) is 1. The smallest absolute Gasteiger partial charge is 0.252 e. The summed E-state index contributed by atoms with van der Waals surface area (Å²) in [7, 11) is 3.23. The number of hydrogen-bond donors (Lipinski definition) is 1. The monoisotopic (exact) mass is 398 g/mol. The zero-order valence-electron chi connectivity index (χ0n) is 17.5. The maximum atomic E-state index is 12.6. The lowest BCUT2D eigenvalue weighted by atomic mass is 10.1. The highest BCUT2D eigenvalue weighted by Crippen LogP contribution is 2.27. The quantitative estimate of drug-likeness (QED) is 0.736. The third-order valence-corrected chi connectivity index (χ3v) is 5.32. The Morgan fingerprint density at radius 3 is 2.52 bits per heavy atom. The number of methoxy groups -OCH3 is 2. The van der Waals surface area contributed by atoms with Crippen LogP contribution in [0.25, 0.3) is 0 Å². The number of ether oxygens (including phenoxy) is 2. The van der Waals surface area contributed by atoms with Crippen molar-refractivity contribution in [2.45, 2.75) is 13.3 Å². The molecule has 1 aliphatic heterocycles. The van der Waals surface area contributed by atoms with E-state index in [1.54, 1.807) is 20.4 Å². The van der Waals surface area contributed by atoms with E-state index in [9.17, 15) is 4.79 Å². The average Bonchev–Trinajstić information content (AvgIpc) is 2.79. The molecule has 1 fully saturated rings. The van der Waals surface area contributed by atoms with Crippen molar-refractivity contribution < 1.29 is 14.3 Å². The number of amides is 1. The van der Waals surface area contributed by atoms with Crippen molar-refractivity contribution in [1.82, 2.24) is 15.2 Å². The van der Waals surface area contributed by atoms with Gasteiger partial charge < -0.3 is 24.6 Å². The number of hydrogen-bond acceptors (Lipinski definition) is 6. The lowest BCUT2D eigenvalue weighted by Gasteiger charge is -2.35. The predicted octanol–water partition coefficient (Wildman–Crippen LogP) is 2.21. The standard InChI is InChI=1S/C22H30N4O3/c1-4-25-9-11-26(12-10-25)19-14-18(15-23-16-19)22(27)24-8-7-17-5-6-20(28-2)21(13-17)29-3/h5-6,13-16H,4,7-12H2,1-3H3,(H,24,27). The van der Waals surface area contributed by atoms with E-state index in [2.05, 4.69) is 27.0 Å². The molecule has 0 atom stereocenters. The third kappa shape index (κ3) is 5.38. The zero-order chi connectivity index (χ0) is 20.6. The van der Waals surface area contributed by atoms with Gasteiger partial charge in [0.1, 0.15) is 0 Å². The van der Waals surface area contributed by atoms with E-state index in [1.807, 2.05) is 30.5 Å². The van der Waals surface area contributed by atoms with Crippen LogP contribution in [-0.2, 0) is 6.42 Å². The van der Waals surface area contributed by atoms with Gasteiger partial charge in [0.25, 0.3) is 5.91 Å². The van der Waals surface area contributed by atoms with Crippen molar-refractivity contribution in [2.24, 2.45) is 0 Å². The first-order valence-electron chi connectivity index (χ1n) is 10.1. The number of benzene rings is 1. The fourth-order valence-electron chi connectivity index (χ4n) is 3.51.